The van der Waals surface area contributed by atoms with Crippen LogP contribution in [0.15, 0.2) is 4.52 Å². The van der Waals surface area contributed by atoms with Crippen LogP contribution in [0, 0.1) is 6.92 Å². The maximum Gasteiger partial charge on any atom is 0.151 e. The molecular weight excluding hydrogens is 262 g/mol. The molecule has 1 aromatic heterocycles. The number of hydrogen-bond donors (Lipinski definition) is 0. The van der Waals surface area contributed by atoms with E-state index in [1.54, 1.807) is 0 Å². The maximum absolute atomic E-state index is 5.01. The molecule has 0 aliphatic carbocycles. The summed E-state index contributed by atoms with van der Waals surface area (Å²) in [7, 11) is 0. The molecule has 10 heavy (non-hydrogen) atoms. The van der Waals surface area contributed by atoms with Gasteiger partial charge in [-0.25, -0.2) is 0 Å². The highest BCUT2D eigenvalue weighted by molar-refractivity contribution is 9.09. The second kappa shape index (κ2) is 3.53. The SMILES string of the molecule is Cc1noc(CBr)c1CBr. The number of aryl methyl sites for hydroxylation is 1. The first kappa shape index (κ1) is 8.27. The van der Waals surface area contributed by atoms with Crippen LogP contribution >= 0.6 is 31.9 Å². The Balaban J connectivity index is 3.01. The average molecular weight is 269 g/mol. The van der Waals surface area contributed by atoms with Gasteiger partial charge in [-0.3, -0.25) is 0 Å². The first-order valence-electron chi connectivity index (χ1n) is 2.85. The van der Waals surface area contributed by atoms with E-state index in [0.29, 0.717) is 0 Å². The molecule has 0 radical (unpaired) electrons. The van der Waals surface area contributed by atoms with Gasteiger partial charge in [0.2, 0.25) is 0 Å². The largest absolute Gasteiger partial charge is 0.360 e. The van der Waals surface area contributed by atoms with E-state index in [1.165, 1.54) is 0 Å². The van der Waals surface area contributed by atoms with Crippen molar-refractivity contribution in [2.24, 2.45) is 0 Å². The van der Waals surface area contributed by atoms with Crippen molar-refractivity contribution in [1.29, 1.82) is 0 Å². The minimum Gasteiger partial charge on any atom is -0.360 e. The van der Waals surface area contributed by atoms with Crippen molar-refractivity contribution in [2.75, 3.05) is 0 Å². The first-order valence-corrected chi connectivity index (χ1v) is 5.09. The van der Waals surface area contributed by atoms with Crippen molar-refractivity contribution in [2.45, 2.75) is 17.6 Å². The predicted molar refractivity (Wildman–Crippen MR) is 46.5 cm³/mol. The smallest absolute Gasteiger partial charge is 0.151 e. The third kappa shape index (κ3) is 1.42. The highest BCUT2D eigenvalue weighted by Gasteiger charge is 2.08. The molecule has 0 atom stereocenters. The van der Waals surface area contributed by atoms with Gasteiger partial charge in [-0.05, 0) is 6.92 Å². The summed E-state index contributed by atoms with van der Waals surface area (Å²) in [6, 6.07) is 0. The lowest BCUT2D eigenvalue weighted by molar-refractivity contribution is 0.391. The van der Waals surface area contributed by atoms with Crippen molar-refractivity contribution in [3.63, 3.8) is 0 Å². The number of aromatic nitrogens is 1. The molecule has 4 heteroatoms. The summed E-state index contributed by atoms with van der Waals surface area (Å²) in [6.07, 6.45) is 0. The molecule has 56 valence electrons. The molecule has 0 N–H and O–H groups in total. The fourth-order valence-electron chi connectivity index (χ4n) is 0.712. The van der Waals surface area contributed by atoms with Crippen LogP contribution in [0.3, 0.4) is 0 Å². The van der Waals surface area contributed by atoms with Gasteiger partial charge in [0.05, 0.1) is 11.0 Å². The Labute approximate surface area is 76.2 Å². The second-order valence-corrected chi connectivity index (χ2v) is 3.06. The standard InChI is InChI=1S/C6H7Br2NO/c1-4-5(2-7)6(3-8)10-9-4/h2-3H2,1H3. The normalized spacial score (nSPS) is 10.3. The lowest BCUT2D eigenvalue weighted by atomic mass is 10.2. The molecule has 2 nitrogen and oxygen atoms in total. The van der Waals surface area contributed by atoms with Crippen molar-refractivity contribution in [1.82, 2.24) is 5.16 Å². The summed E-state index contributed by atoms with van der Waals surface area (Å²) in [5.74, 6) is 0.911. The van der Waals surface area contributed by atoms with Crippen LogP contribution in [0.2, 0.25) is 0 Å². The zero-order valence-corrected chi connectivity index (χ0v) is 8.70. The zero-order valence-electron chi connectivity index (χ0n) is 5.53. The molecule has 0 aromatic carbocycles. The van der Waals surface area contributed by atoms with E-state index in [1.807, 2.05) is 6.92 Å². The number of rotatable bonds is 2. The van der Waals surface area contributed by atoms with E-state index in [2.05, 4.69) is 37.0 Å². The number of alkyl halides is 2. The van der Waals surface area contributed by atoms with E-state index in [0.717, 1.165) is 27.7 Å². The minimum atomic E-state index is 0.731. The molecule has 0 spiro atoms. The Morgan fingerprint density at radius 1 is 1.40 bits per heavy atom. The third-order valence-electron chi connectivity index (χ3n) is 1.32. The van der Waals surface area contributed by atoms with E-state index >= 15 is 0 Å². The van der Waals surface area contributed by atoms with Crippen LogP contribution in [-0.4, -0.2) is 5.16 Å². The van der Waals surface area contributed by atoms with Crippen molar-refractivity contribution in [3.8, 4) is 0 Å². The van der Waals surface area contributed by atoms with Gasteiger partial charge < -0.3 is 4.52 Å². The molecule has 0 bridgehead atoms. The fourth-order valence-corrected chi connectivity index (χ4v) is 1.87. The average Bonchev–Trinajstić information content (AvgIpc) is 2.30. The van der Waals surface area contributed by atoms with E-state index in [-0.39, 0.29) is 0 Å². The van der Waals surface area contributed by atoms with Gasteiger partial charge in [-0.15, -0.1) is 0 Å². The first-order chi connectivity index (χ1) is 4.79. The second-order valence-electron chi connectivity index (χ2n) is 1.94. The summed E-state index contributed by atoms with van der Waals surface area (Å²) >= 11 is 6.67. The van der Waals surface area contributed by atoms with Crippen LogP contribution in [0.5, 0.6) is 0 Å². The van der Waals surface area contributed by atoms with Gasteiger partial charge in [0.1, 0.15) is 0 Å². The van der Waals surface area contributed by atoms with Crippen molar-refractivity contribution in [3.05, 3.63) is 17.0 Å². The summed E-state index contributed by atoms with van der Waals surface area (Å²) < 4.78 is 5.01. The Bertz CT molecular complexity index is 222. The van der Waals surface area contributed by atoms with Crippen LogP contribution in [0.4, 0.5) is 0 Å². The summed E-state index contributed by atoms with van der Waals surface area (Å²) in [6.45, 7) is 1.94. The highest BCUT2D eigenvalue weighted by atomic mass is 79.9. The molecule has 1 rings (SSSR count). The summed E-state index contributed by atoms with van der Waals surface area (Å²) in [4.78, 5) is 0. The molecule has 1 aromatic rings. The van der Waals surface area contributed by atoms with Crippen molar-refractivity contribution < 1.29 is 4.52 Å². The molecule has 0 amide bonds. The zero-order chi connectivity index (χ0) is 7.56. The monoisotopic (exact) mass is 267 g/mol. The molecule has 0 unspecified atom stereocenters. The summed E-state index contributed by atoms with van der Waals surface area (Å²) in [5.41, 5.74) is 2.11. The van der Waals surface area contributed by atoms with Gasteiger partial charge in [0.15, 0.2) is 5.76 Å². The molecular formula is C6H7Br2NO. The van der Waals surface area contributed by atoms with E-state index < -0.39 is 0 Å². The number of nitrogens with zero attached hydrogens (tertiary/aromatic N) is 1. The Morgan fingerprint density at radius 3 is 2.50 bits per heavy atom. The van der Waals surface area contributed by atoms with Gasteiger partial charge >= 0.3 is 0 Å². The maximum atomic E-state index is 5.01. The predicted octanol–water partition coefficient (Wildman–Crippen LogP) is 2.77. The van der Waals surface area contributed by atoms with Gasteiger partial charge in [-0.2, -0.15) is 0 Å². The molecule has 0 saturated carbocycles. The number of hydrogen-bond acceptors (Lipinski definition) is 2. The quantitative estimate of drug-likeness (QED) is 0.771. The Kier molecular flexibility index (Phi) is 2.92. The van der Waals surface area contributed by atoms with Crippen LogP contribution in [-0.2, 0) is 10.7 Å². The summed E-state index contributed by atoms with van der Waals surface area (Å²) in [5, 5.41) is 5.36. The van der Waals surface area contributed by atoms with Crippen molar-refractivity contribution >= 4 is 31.9 Å². The molecule has 1 heterocycles. The third-order valence-corrected chi connectivity index (χ3v) is 2.39. The topological polar surface area (TPSA) is 26.0 Å². The lowest BCUT2D eigenvalue weighted by Crippen LogP contribution is -1.82. The van der Waals surface area contributed by atoms with Crippen LogP contribution in [0.1, 0.15) is 17.0 Å². The number of halogens is 2. The minimum absolute atomic E-state index is 0.731. The molecule has 0 aliphatic heterocycles. The van der Waals surface area contributed by atoms with Gasteiger partial charge in [0.25, 0.3) is 0 Å². The van der Waals surface area contributed by atoms with E-state index in [9.17, 15) is 0 Å². The van der Waals surface area contributed by atoms with Gasteiger partial charge in [0, 0.05) is 10.9 Å². The highest BCUT2D eigenvalue weighted by Crippen LogP contribution is 2.18. The van der Waals surface area contributed by atoms with Crippen LogP contribution in [0.25, 0.3) is 0 Å². The lowest BCUT2D eigenvalue weighted by Gasteiger charge is -1.90. The van der Waals surface area contributed by atoms with Gasteiger partial charge in [-0.1, -0.05) is 37.0 Å². The Morgan fingerprint density at radius 2 is 2.10 bits per heavy atom. The molecule has 0 fully saturated rings. The fraction of sp³-hybridized carbons (Fsp3) is 0.500. The molecule has 0 aliphatic rings. The molecule has 0 saturated heterocycles. The van der Waals surface area contributed by atoms with E-state index in [4.69, 9.17) is 4.52 Å². The van der Waals surface area contributed by atoms with Crippen LogP contribution < -0.4 is 0 Å². The Hall–Kier alpha value is 0.170.